The van der Waals surface area contributed by atoms with Crippen molar-refractivity contribution >= 4 is 28.6 Å². The zero-order valence-electron chi connectivity index (χ0n) is 10.6. The van der Waals surface area contributed by atoms with Crippen molar-refractivity contribution in [3.05, 3.63) is 50.0 Å². The SMILES string of the molecule is Cc1csc(CNC(=O)c2cccc([N+](=O)[O-])c2N)n1. The number of carbonyl (C=O) groups is 1. The molecule has 0 bridgehead atoms. The molecule has 0 saturated carbocycles. The first-order chi connectivity index (χ1) is 9.49. The molecule has 0 aliphatic rings. The van der Waals surface area contributed by atoms with Crippen molar-refractivity contribution in [1.29, 1.82) is 0 Å². The largest absolute Gasteiger partial charge is 0.393 e. The van der Waals surface area contributed by atoms with Gasteiger partial charge in [-0.2, -0.15) is 0 Å². The lowest BCUT2D eigenvalue weighted by atomic mass is 10.1. The van der Waals surface area contributed by atoms with Crippen LogP contribution in [0.15, 0.2) is 23.6 Å². The molecule has 1 aromatic heterocycles. The molecule has 0 radical (unpaired) electrons. The third kappa shape index (κ3) is 2.91. The van der Waals surface area contributed by atoms with Gasteiger partial charge in [-0.25, -0.2) is 4.98 Å². The van der Waals surface area contributed by atoms with Gasteiger partial charge in [0.2, 0.25) is 0 Å². The lowest BCUT2D eigenvalue weighted by molar-refractivity contribution is -0.383. The maximum absolute atomic E-state index is 12.0. The monoisotopic (exact) mass is 292 g/mol. The molecule has 1 heterocycles. The van der Waals surface area contributed by atoms with E-state index in [2.05, 4.69) is 10.3 Å². The molecule has 3 N–H and O–H groups in total. The number of hydrogen-bond acceptors (Lipinski definition) is 6. The molecule has 2 rings (SSSR count). The number of hydrogen-bond donors (Lipinski definition) is 2. The summed E-state index contributed by atoms with van der Waals surface area (Å²) < 4.78 is 0. The molecule has 104 valence electrons. The summed E-state index contributed by atoms with van der Waals surface area (Å²) in [5.74, 6) is -0.459. The van der Waals surface area contributed by atoms with Gasteiger partial charge in [0.25, 0.3) is 11.6 Å². The van der Waals surface area contributed by atoms with Gasteiger partial charge >= 0.3 is 0 Å². The first-order valence-corrected chi connectivity index (χ1v) is 6.59. The number of nitro benzene ring substituents is 1. The van der Waals surface area contributed by atoms with Crippen LogP contribution in [0.25, 0.3) is 0 Å². The molecule has 1 aromatic carbocycles. The number of aromatic nitrogens is 1. The number of rotatable bonds is 4. The number of carbonyl (C=O) groups excluding carboxylic acids is 1. The first-order valence-electron chi connectivity index (χ1n) is 5.71. The van der Waals surface area contributed by atoms with Gasteiger partial charge in [-0.1, -0.05) is 6.07 Å². The number of amides is 1. The number of aryl methyl sites for hydroxylation is 1. The minimum atomic E-state index is -0.615. The van der Waals surface area contributed by atoms with Crippen LogP contribution >= 0.6 is 11.3 Å². The predicted molar refractivity (Wildman–Crippen MR) is 75.5 cm³/mol. The van der Waals surface area contributed by atoms with Crippen LogP contribution in [0.4, 0.5) is 11.4 Å². The maximum Gasteiger partial charge on any atom is 0.292 e. The highest BCUT2D eigenvalue weighted by Crippen LogP contribution is 2.24. The van der Waals surface area contributed by atoms with Gasteiger partial charge in [0.05, 0.1) is 17.0 Å². The minimum Gasteiger partial charge on any atom is -0.393 e. The van der Waals surface area contributed by atoms with Crippen molar-refractivity contribution in [3.8, 4) is 0 Å². The van der Waals surface area contributed by atoms with Crippen molar-refractivity contribution in [1.82, 2.24) is 10.3 Å². The Morgan fingerprint density at radius 2 is 2.30 bits per heavy atom. The highest BCUT2D eigenvalue weighted by molar-refractivity contribution is 7.09. The lowest BCUT2D eigenvalue weighted by Gasteiger charge is -2.06. The van der Waals surface area contributed by atoms with Gasteiger partial charge in [0.15, 0.2) is 0 Å². The van der Waals surface area contributed by atoms with E-state index in [1.165, 1.54) is 29.5 Å². The van der Waals surface area contributed by atoms with Crippen LogP contribution in [0.1, 0.15) is 21.1 Å². The Morgan fingerprint density at radius 3 is 2.90 bits per heavy atom. The summed E-state index contributed by atoms with van der Waals surface area (Å²) in [5, 5.41) is 16.0. The molecule has 8 heteroatoms. The number of nitrogens with zero attached hydrogens (tertiary/aromatic N) is 2. The number of benzene rings is 1. The highest BCUT2D eigenvalue weighted by Gasteiger charge is 2.18. The van der Waals surface area contributed by atoms with Crippen LogP contribution in [0, 0.1) is 17.0 Å². The Morgan fingerprint density at radius 1 is 1.55 bits per heavy atom. The summed E-state index contributed by atoms with van der Waals surface area (Å²) in [6.45, 7) is 2.12. The van der Waals surface area contributed by atoms with Crippen molar-refractivity contribution in [3.63, 3.8) is 0 Å². The van der Waals surface area contributed by atoms with Crippen molar-refractivity contribution in [2.24, 2.45) is 0 Å². The third-order valence-corrected chi connectivity index (χ3v) is 3.56. The molecule has 2 aromatic rings. The predicted octanol–water partition coefficient (Wildman–Crippen LogP) is 1.87. The quantitative estimate of drug-likeness (QED) is 0.507. The van der Waals surface area contributed by atoms with Crippen LogP contribution in [-0.4, -0.2) is 15.8 Å². The lowest BCUT2D eigenvalue weighted by Crippen LogP contribution is -2.24. The van der Waals surface area contributed by atoms with Gasteiger partial charge < -0.3 is 11.1 Å². The first kappa shape index (κ1) is 13.9. The molecule has 0 aliphatic heterocycles. The van der Waals surface area contributed by atoms with E-state index >= 15 is 0 Å². The van der Waals surface area contributed by atoms with Gasteiger partial charge in [-0.15, -0.1) is 11.3 Å². The molecule has 20 heavy (non-hydrogen) atoms. The zero-order valence-corrected chi connectivity index (χ0v) is 11.4. The fourth-order valence-electron chi connectivity index (χ4n) is 1.65. The summed E-state index contributed by atoms with van der Waals surface area (Å²) in [6.07, 6.45) is 0. The number of anilines is 1. The number of nitro groups is 1. The molecular formula is C12H12N4O3S. The van der Waals surface area contributed by atoms with Crippen molar-refractivity contribution < 1.29 is 9.72 Å². The van der Waals surface area contributed by atoms with Crippen LogP contribution < -0.4 is 11.1 Å². The molecule has 0 fully saturated rings. The van der Waals surface area contributed by atoms with Crippen LogP contribution in [0.3, 0.4) is 0 Å². The summed E-state index contributed by atoms with van der Waals surface area (Å²) in [4.78, 5) is 26.3. The van der Waals surface area contributed by atoms with E-state index in [0.717, 1.165) is 10.7 Å². The molecular weight excluding hydrogens is 280 g/mol. The molecule has 0 atom stereocenters. The van der Waals surface area contributed by atoms with Gasteiger partial charge in [0.1, 0.15) is 10.7 Å². The summed E-state index contributed by atoms with van der Waals surface area (Å²) in [7, 11) is 0. The highest BCUT2D eigenvalue weighted by atomic mass is 32.1. The minimum absolute atomic E-state index is 0.0903. The number of nitrogen functional groups attached to an aromatic ring is 1. The molecule has 0 unspecified atom stereocenters. The number of para-hydroxylation sites is 1. The Balaban J connectivity index is 2.13. The Kier molecular flexibility index (Phi) is 3.94. The number of thiazole rings is 1. The number of nitrogens with one attached hydrogen (secondary N) is 1. The van der Waals surface area contributed by atoms with E-state index in [-0.39, 0.29) is 23.5 Å². The summed E-state index contributed by atoms with van der Waals surface area (Å²) in [5.41, 5.74) is 6.21. The van der Waals surface area contributed by atoms with Gasteiger partial charge in [-0.05, 0) is 13.0 Å². The smallest absolute Gasteiger partial charge is 0.292 e. The number of nitrogens with two attached hydrogens (primary N) is 1. The third-order valence-electron chi connectivity index (χ3n) is 2.59. The van der Waals surface area contributed by atoms with Gasteiger partial charge in [0, 0.05) is 17.1 Å². The van der Waals surface area contributed by atoms with Crippen LogP contribution in [0.2, 0.25) is 0 Å². The second-order valence-electron chi connectivity index (χ2n) is 4.06. The van der Waals surface area contributed by atoms with Crippen molar-refractivity contribution in [2.75, 3.05) is 5.73 Å². The second-order valence-corrected chi connectivity index (χ2v) is 5.00. The summed E-state index contributed by atoms with van der Waals surface area (Å²) in [6, 6.07) is 4.14. The standard InChI is InChI=1S/C12H12N4O3S/c1-7-6-20-10(15-7)5-14-12(17)8-3-2-4-9(11(8)13)16(18)19/h2-4,6H,5,13H2,1H3,(H,14,17). The molecule has 0 spiro atoms. The topological polar surface area (TPSA) is 111 Å². The summed E-state index contributed by atoms with van der Waals surface area (Å²) >= 11 is 1.43. The Labute approximate surface area is 118 Å². The Bertz CT molecular complexity index is 668. The fourth-order valence-corrected chi connectivity index (χ4v) is 2.36. The van der Waals surface area contributed by atoms with Crippen LogP contribution in [0.5, 0.6) is 0 Å². The molecule has 0 saturated heterocycles. The van der Waals surface area contributed by atoms with Crippen molar-refractivity contribution in [2.45, 2.75) is 13.5 Å². The van der Waals surface area contributed by atoms with E-state index in [0.29, 0.717) is 0 Å². The van der Waals surface area contributed by atoms with E-state index in [4.69, 9.17) is 5.73 Å². The van der Waals surface area contributed by atoms with E-state index in [1.807, 2.05) is 12.3 Å². The van der Waals surface area contributed by atoms with E-state index in [9.17, 15) is 14.9 Å². The zero-order chi connectivity index (χ0) is 14.7. The molecule has 0 aliphatic carbocycles. The fraction of sp³-hybridized carbons (Fsp3) is 0.167. The van der Waals surface area contributed by atoms with Crippen LogP contribution in [-0.2, 0) is 6.54 Å². The second kappa shape index (κ2) is 5.66. The maximum atomic E-state index is 12.0. The molecule has 7 nitrogen and oxygen atoms in total. The van der Waals surface area contributed by atoms with E-state index < -0.39 is 10.8 Å². The van der Waals surface area contributed by atoms with Gasteiger partial charge in [-0.3, -0.25) is 14.9 Å². The molecule has 1 amide bonds. The van der Waals surface area contributed by atoms with E-state index in [1.54, 1.807) is 0 Å². The Hall–Kier alpha value is -2.48. The average molecular weight is 292 g/mol. The normalized spacial score (nSPS) is 10.2. The average Bonchev–Trinajstić information content (AvgIpc) is 2.81.